The van der Waals surface area contributed by atoms with Gasteiger partial charge in [0, 0.05) is 80.3 Å². The van der Waals surface area contributed by atoms with Crippen LogP contribution >= 0.6 is 0 Å². The highest BCUT2D eigenvalue weighted by atomic mass is 16.7. The number of phenolic OH excluding ortho intramolecular Hbond substituents is 1. The minimum Gasteiger partial charge on any atom is -0.507 e. The number of carbonyl (C=O) groups excluding carboxylic acids is 2. The molecule has 5 aliphatic rings. The van der Waals surface area contributed by atoms with E-state index in [9.17, 15) is 34.5 Å². The first-order chi connectivity index (χ1) is 30.4. The average molecular weight is 884 g/mol. The fraction of sp³-hybridized carbons (Fsp3) is 0.468. The lowest BCUT2D eigenvalue weighted by Crippen LogP contribution is -2.46. The number of allylic oxidation sites excluding steroid dienone is 2. The van der Waals surface area contributed by atoms with Gasteiger partial charge in [0.1, 0.15) is 40.7 Å². The Morgan fingerprint density at radius 2 is 1.86 bits per heavy atom. The zero-order valence-electron chi connectivity index (χ0n) is 36.9. The van der Waals surface area contributed by atoms with E-state index in [2.05, 4.69) is 10.2 Å². The van der Waals surface area contributed by atoms with E-state index in [1.54, 1.807) is 19.1 Å². The molecule has 9 atom stereocenters. The number of hydrogen-bond acceptors (Lipinski definition) is 16. The number of aromatic nitrogens is 1. The maximum Gasteiger partial charge on any atom is 0.307 e. The molecular weight excluding hydrogens is 831 g/mol. The van der Waals surface area contributed by atoms with Gasteiger partial charge in [-0.2, -0.15) is 0 Å². The first kappa shape index (κ1) is 44.6. The Hall–Kier alpha value is -6.01. The number of nitrogens with zero attached hydrogens (tertiary/aromatic N) is 2. The minimum atomic E-state index is -1.97. The zero-order valence-corrected chi connectivity index (χ0v) is 36.9. The van der Waals surface area contributed by atoms with Crippen molar-refractivity contribution < 1.29 is 57.7 Å². The van der Waals surface area contributed by atoms with Crippen molar-refractivity contribution in [2.75, 3.05) is 39.2 Å². The van der Waals surface area contributed by atoms with Gasteiger partial charge in [-0.3, -0.25) is 19.2 Å². The third-order valence-electron chi connectivity index (χ3n) is 12.8. The molecular formula is C47H53N3O14. The van der Waals surface area contributed by atoms with Gasteiger partial charge in [0.05, 0.1) is 41.8 Å². The molecule has 2 fully saturated rings. The fourth-order valence-corrected chi connectivity index (χ4v) is 9.12. The summed E-state index contributed by atoms with van der Waals surface area (Å²) in [5.41, 5.74) is -2.15. The molecule has 0 saturated carbocycles. The Morgan fingerprint density at radius 3 is 2.56 bits per heavy atom. The number of carbonyl (C=O) groups is 2. The van der Waals surface area contributed by atoms with Crippen molar-refractivity contribution in [3.63, 3.8) is 0 Å². The lowest BCUT2D eigenvalue weighted by atomic mass is 9.90. The van der Waals surface area contributed by atoms with E-state index < -0.39 is 76.5 Å². The number of aromatic hydroxyl groups is 1. The van der Waals surface area contributed by atoms with Crippen LogP contribution < -0.4 is 30.9 Å². The molecule has 6 heterocycles. The van der Waals surface area contributed by atoms with Gasteiger partial charge < -0.3 is 58.4 Å². The Kier molecular flexibility index (Phi) is 12.0. The molecule has 17 heteroatoms. The molecule has 4 aromatic rings. The Balaban J connectivity index is 1.33. The van der Waals surface area contributed by atoms with Crippen LogP contribution in [0.1, 0.15) is 53.0 Å². The van der Waals surface area contributed by atoms with E-state index in [0.29, 0.717) is 6.61 Å². The van der Waals surface area contributed by atoms with Crippen LogP contribution in [0.3, 0.4) is 0 Å². The number of methoxy groups -OCH3 is 1. The predicted molar refractivity (Wildman–Crippen MR) is 235 cm³/mol. The van der Waals surface area contributed by atoms with Crippen molar-refractivity contribution in [1.29, 1.82) is 0 Å². The lowest BCUT2D eigenvalue weighted by molar-refractivity contribution is -0.168. The average Bonchev–Trinajstić information content (AvgIpc) is 3.93. The van der Waals surface area contributed by atoms with E-state index in [1.807, 2.05) is 14.0 Å². The van der Waals surface area contributed by atoms with Crippen LogP contribution in [-0.2, 0) is 28.5 Å². The maximum atomic E-state index is 14.8. The van der Waals surface area contributed by atoms with Crippen molar-refractivity contribution in [1.82, 2.24) is 9.88 Å². The largest absolute Gasteiger partial charge is 0.507 e. The van der Waals surface area contributed by atoms with Crippen LogP contribution in [0.5, 0.6) is 17.2 Å². The molecule has 0 radical (unpaired) electrons. The molecule has 3 aromatic carbocycles. The summed E-state index contributed by atoms with van der Waals surface area (Å²) in [6.07, 6.45) is 4.76. The van der Waals surface area contributed by atoms with Crippen molar-refractivity contribution >= 4 is 56.3 Å². The van der Waals surface area contributed by atoms with Gasteiger partial charge in [-0.15, -0.1) is 0 Å². The van der Waals surface area contributed by atoms with Gasteiger partial charge in [-0.25, -0.2) is 4.98 Å². The summed E-state index contributed by atoms with van der Waals surface area (Å²) >= 11 is 0. The number of ether oxygens (including phenoxy) is 6. The highest BCUT2D eigenvalue weighted by Gasteiger charge is 2.47. The second-order valence-corrected chi connectivity index (χ2v) is 17.5. The molecule has 0 aliphatic carbocycles. The molecule has 7 bridgehead atoms. The highest BCUT2D eigenvalue weighted by Crippen LogP contribution is 2.42. The third kappa shape index (κ3) is 7.94. The van der Waals surface area contributed by atoms with Crippen molar-refractivity contribution in [3.8, 4) is 17.2 Å². The SMILES string of the molecule is CO[C@H]1/C=C/O[C@@]2(C)Oc3c(C)c(O)c4c(=O)c(c5oc6cc(OCC7CCN(C)C7)cc(=O)c6nc5c4c3=C2O)NC(=O)/C(C)=C\C=C\C(C)[C@H]2C[C@@H](O)[C@@H](O2)[C@H](OC(C)=O)[C@@H]1C. The quantitative estimate of drug-likeness (QED) is 0.124. The summed E-state index contributed by atoms with van der Waals surface area (Å²) in [5, 5.41) is 37.3. The number of fused-ring (bicyclic) bond motifs is 9. The second kappa shape index (κ2) is 17.2. The minimum absolute atomic E-state index is 0.0376. The van der Waals surface area contributed by atoms with E-state index in [0.717, 1.165) is 19.5 Å². The van der Waals surface area contributed by atoms with Crippen molar-refractivity contribution in [3.05, 3.63) is 79.5 Å². The molecule has 0 spiro atoms. The topological polar surface area (TPSA) is 226 Å². The fourth-order valence-electron chi connectivity index (χ4n) is 9.12. The summed E-state index contributed by atoms with van der Waals surface area (Å²) in [6, 6.07) is 2.79. The Bertz CT molecular complexity index is 2840. The van der Waals surface area contributed by atoms with Crippen LogP contribution in [0.15, 0.2) is 62.3 Å². The van der Waals surface area contributed by atoms with Gasteiger partial charge in [0.25, 0.3) is 5.91 Å². The number of hydrogen-bond donors (Lipinski definition) is 4. The molecule has 64 heavy (non-hydrogen) atoms. The third-order valence-corrected chi connectivity index (χ3v) is 12.8. The van der Waals surface area contributed by atoms with Gasteiger partial charge in [0.15, 0.2) is 22.4 Å². The smallest absolute Gasteiger partial charge is 0.307 e. The number of esters is 1. The number of amides is 1. The lowest BCUT2D eigenvalue weighted by Gasteiger charge is -2.33. The predicted octanol–water partition coefficient (Wildman–Crippen LogP) is 4.42. The molecule has 4 N–H and O–H groups in total. The van der Waals surface area contributed by atoms with Crippen LogP contribution in [-0.4, -0.2) is 107 Å². The van der Waals surface area contributed by atoms with E-state index in [1.165, 1.54) is 65.4 Å². The molecule has 2 saturated heterocycles. The van der Waals surface area contributed by atoms with Gasteiger partial charge >= 0.3 is 11.8 Å². The standard InChI is InChI=1S/C47H53N3O14/c1-21-10-9-11-22(2)46(57)49-38-40(55)34-33(37-44(38)63-32-17-27(16-28(52)36(32)48-37)59-20-26-12-14-50(7)19-26)35-41(24(4)39(34)54)64-47(6,45(35)56)60-15-13-30(58-8)23(3)42(61-25(5)51)43-29(53)18-31(21)62-43/h9-11,13,15-17,21,23,26,29-31,42-43,53-54,56H,12,14,18-20H2,1-8H3,(H,49,57)/b10-9+,15-13+,22-11-/t21?,23-,26?,29-,30+,31-,42-,43-,47+/m1/s1. The summed E-state index contributed by atoms with van der Waals surface area (Å²) < 4.78 is 42.7. The Morgan fingerprint density at radius 1 is 1.09 bits per heavy atom. The van der Waals surface area contributed by atoms with Gasteiger partial charge in [-0.1, -0.05) is 32.1 Å². The number of aliphatic hydroxyl groups is 2. The molecule has 5 aliphatic heterocycles. The first-order valence-electron chi connectivity index (χ1n) is 21.3. The first-order valence-corrected chi connectivity index (χ1v) is 21.3. The normalized spacial score (nSPS) is 30.7. The van der Waals surface area contributed by atoms with Crippen molar-refractivity contribution in [2.24, 2.45) is 17.8 Å². The second-order valence-electron chi connectivity index (χ2n) is 17.5. The van der Waals surface area contributed by atoms with E-state index >= 15 is 0 Å². The molecule has 9 rings (SSSR count). The molecule has 2 unspecified atom stereocenters. The molecule has 1 aromatic heterocycles. The Labute approximate surface area is 367 Å². The number of likely N-dealkylation sites (tertiary alicyclic amines) is 1. The number of phenols is 1. The summed E-state index contributed by atoms with van der Waals surface area (Å²) in [7, 11) is 3.48. The van der Waals surface area contributed by atoms with Crippen LogP contribution in [0.2, 0.25) is 0 Å². The number of nitrogens with one attached hydrogen (secondary N) is 1. The number of rotatable bonds is 5. The number of aliphatic hydroxyl groups excluding tert-OH is 2. The number of benzene rings is 3. The molecule has 340 valence electrons. The van der Waals surface area contributed by atoms with E-state index in [4.69, 9.17) is 37.8 Å². The highest BCUT2D eigenvalue weighted by molar-refractivity contribution is 6.16. The maximum absolute atomic E-state index is 14.8. The summed E-state index contributed by atoms with van der Waals surface area (Å²) in [5.74, 6) is -4.76. The molecule has 1 amide bonds. The van der Waals surface area contributed by atoms with E-state index in [-0.39, 0.29) is 84.8 Å². The van der Waals surface area contributed by atoms with Crippen LogP contribution in [0.4, 0.5) is 5.69 Å². The van der Waals surface area contributed by atoms with Crippen molar-refractivity contribution in [2.45, 2.75) is 90.7 Å². The monoisotopic (exact) mass is 883 g/mol. The number of anilines is 1. The van der Waals surface area contributed by atoms with Crippen LogP contribution in [0, 0.1) is 24.7 Å². The van der Waals surface area contributed by atoms with Gasteiger partial charge in [0.2, 0.25) is 10.9 Å². The molecule has 17 nitrogen and oxygen atoms in total. The van der Waals surface area contributed by atoms with Gasteiger partial charge in [-0.05, 0) is 39.9 Å². The zero-order chi connectivity index (χ0) is 45.9. The van der Waals surface area contributed by atoms with Crippen LogP contribution in [0.25, 0.3) is 38.7 Å². The summed E-state index contributed by atoms with van der Waals surface area (Å²) in [4.78, 5) is 61.8. The summed E-state index contributed by atoms with van der Waals surface area (Å²) in [6.45, 7) is 11.5.